The van der Waals surface area contributed by atoms with E-state index in [-0.39, 0.29) is 22.1 Å². The average molecular weight is 291 g/mol. The minimum atomic E-state index is -1.13. The van der Waals surface area contributed by atoms with Gasteiger partial charge in [0.05, 0.1) is 10.6 Å². The lowest BCUT2D eigenvalue weighted by Gasteiger charge is -2.05. The molecule has 0 unspecified atom stereocenters. The molecule has 0 aliphatic heterocycles. The van der Waals surface area contributed by atoms with E-state index in [9.17, 15) is 20.1 Å². The number of hydrogen-bond acceptors (Lipinski definition) is 3. The molecule has 0 aromatic heterocycles. The van der Waals surface area contributed by atoms with E-state index in [0.717, 1.165) is 0 Å². The molecule has 0 spiro atoms. The standard InChI is InChI=1S/C15H11ClO4/c16-13-7-9(4-5-14(13)18)6-12(15(19)20)10-2-1-3-11(17)8-10/h1-8,17-18H,(H,19,20)/b12-6-. The van der Waals surface area contributed by atoms with Crippen molar-refractivity contribution < 1.29 is 20.1 Å². The molecule has 0 heterocycles. The number of aliphatic carboxylic acids is 1. The van der Waals surface area contributed by atoms with Gasteiger partial charge in [-0.3, -0.25) is 0 Å². The van der Waals surface area contributed by atoms with Crippen molar-refractivity contribution in [3.63, 3.8) is 0 Å². The fourth-order valence-electron chi connectivity index (χ4n) is 1.72. The van der Waals surface area contributed by atoms with Gasteiger partial charge in [0.1, 0.15) is 11.5 Å². The molecule has 20 heavy (non-hydrogen) atoms. The Morgan fingerprint density at radius 3 is 2.45 bits per heavy atom. The number of rotatable bonds is 3. The van der Waals surface area contributed by atoms with Gasteiger partial charge in [0.2, 0.25) is 0 Å². The molecule has 0 radical (unpaired) electrons. The summed E-state index contributed by atoms with van der Waals surface area (Å²) in [5, 5.41) is 28.2. The summed E-state index contributed by atoms with van der Waals surface area (Å²) in [5.74, 6) is -1.21. The number of carboxylic acids is 1. The number of halogens is 1. The van der Waals surface area contributed by atoms with Gasteiger partial charge >= 0.3 is 5.97 Å². The second kappa shape index (κ2) is 5.67. The number of hydrogen-bond donors (Lipinski definition) is 3. The molecule has 0 saturated carbocycles. The Morgan fingerprint density at radius 1 is 1.10 bits per heavy atom. The van der Waals surface area contributed by atoms with Crippen LogP contribution in [0.25, 0.3) is 11.6 Å². The summed E-state index contributed by atoms with van der Waals surface area (Å²) in [4.78, 5) is 11.3. The van der Waals surface area contributed by atoms with Crippen LogP contribution in [0.15, 0.2) is 42.5 Å². The molecule has 0 saturated heterocycles. The quantitative estimate of drug-likeness (QED) is 0.598. The van der Waals surface area contributed by atoms with Crippen LogP contribution in [0.5, 0.6) is 11.5 Å². The number of carbonyl (C=O) groups is 1. The van der Waals surface area contributed by atoms with E-state index in [1.807, 2.05) is 0 Å². The Hall–Kier alpha value is -2.46. The molecule has 0 aliphatic carbocycles. The van der Waals surface area contributed by atoms with Crippen molar-refractivity contribution in [3.05, 3.63) is 58.6 Å². The second-order valence-electron chi connectivity index (χ2n) is 4.12. The molecule has 0 amide bonds. The van der Waals surface area contributed by atoms with Crippen molar-refractivity contribution in [1.29, 1.82) is 0 Å². The number of phenolic OH excluding ortho intramolecular Hbond substituents is 2. The largest absolute Gasteiger partial charge is 0.508 e. The Labute approximate surface area is 120 Å². The number of benzene rings is 2. The van der Waals surface area contributed by atoms with Crippen LogP contribution in [0.4, 0.5) is 0 Å². The topological polar surface area (TPSA) is 77.8 Å². The van der Waals surface area contributed by atoms with Gasteiger partial charge in [0.15, 0.2) is 0 Å². The first kappa shape index (κ1) is 14.0. The third-order valence-corrected chi connectivity index (χ3v) is 2.97. The Kier molecular flexibility index (Phi) is 3.96. The molecule has 2 rings (SSSR count). The van der Waals surface area contributed by atoms with Gasteiger partial charge in [-0.05, 0) is 41.5 Å². The maximum atomic E-state index is 11.3. The van der Waals surface area contributed by atoms with Crippen LogP contribution in [0, 0.1) is 0 Å². The van der Waals surface area contributed by atoms with Crippen LogP contribution in [-0.4, -0.2) is 21.3 Å². The van der Waals surface area contributed by atoms with Crippen LogP contribution >= 0.6 is 11.6 Å². The van der Waals surface area contributed by atoms with Crippen molar-refractivity contribution in [1.82, 2.24) is 0 Å². The first-order valence-electron chi connectivity index (χ1n) is 5.70. The maximum Gasteiger partial charge on any atom is 0.336 e. The molecule has 5 heteroatoms. The van der Waals surface area contributed by atoms with Crippen molar-refractivity contribution in [2.45, 2.75) is 0 Å². The highest BCUT2D eigenvalue weighted by Crippen LogP contribution is 2.27. The fraction of sp³-hybridized carbons (Fsp3) is 0. The predicted molar refractivity (Wildman–Crippen MR) is 76.7 cm³/mol. The molecule has 0 atom stereocenters. The molecule has 0 aliphatic rings. The van der Waals surface area contributed by atoms with E-state index in [0.29, 0.717) is 11.1 Å². The highest BCUT2D eigenvalue weighted by atomic mass is 35.5. The van der Waals surface area contributed by atoms with E-state index in [1.54, 1.807) is 18.2 Å². The Balaban J connectivity index is 2.50. The van der Waals surface area contributed by atoms with Crippen molar-refractivity contribution >= 4 is 29.2 Å². The summed E-state index contributed by atoms with van der Waals surface area (Å²) in [6, 6.07) is 10.4. The first-order chi connectivity index (χ1) is 9.47. The van der Waals surface area contributed by atoms with E-state index >= 15 is 0 Å². The fourth-order valence-corrected chi connectivity index (χ4v) is 1.91. The van der Waals surface area contributed by atoms with Crippen molar-refractivity contribution in [2.75, 3.05) is 0 Å². The monoisotopic (exact) mass is 290 g/mol. The summed E-state index contributed by atoms with van der Waals surface area (Å²) in [6.07, 6.45) is 1.42. The van der Waals surface area contributed by atoms with Crippen molar-refractivity contribution in [2.24, 2.45) is 0 Å². The van der Waals surface area contributed by atoms with Gasteiger partial charge < -0.3 is 15.3 Å². The molecule has 2 aromatic carbocycles. The van der Waals surface area contributed by atoms with E-state index < -0.39 is 5.97 Å². The van der Waals surface area contributed by atoms with Crippen LogP contribution in [0.3, 0.4) is 0 Å². The molecule has 0 fully saturated rings. The lowest BCUT2D eigenvalue weighted by Crippen LogP contribution is -1.99. The van der Waals surface area contributed by atoms with E-state index in [1.165, 1.54) is 30.3 Å². The van der Waals surface area contributed by atoms with Crippen LogP contribution in [0.1, 0.15) is 11.1 Å². The highest BCUT2D eigenvalue weighted by molar-refractivity contribution is 6.32. The zero-order valence-electron chi connectivity index (χ0n) is 10.2. The SMILES string of the molecule is O=C(O)/C(=C\c1ccc(O)c(Cl)c1)c1cccc(O)c1. The average Bonchev–Trinajstić information content (AvgIpc) is 2.39. The van der Waals surface area contributed by atoms with Crippen LogP contribution < -0.4 is 0 Å². The van der Waals surface area contributed by atoms with Gasteiger partial charge in [-0.25, -0.2) is 4.79 Å². The molecule has 3 N–H and O–H groups in total. The van der Waals surface area contributed by atoms with Gasteiger partial charge in [0.25, 0.3) is 0 Å². The second-order valence-corrected chi connectivity index (χ2v) is 4.53. The maximum absolute atomic E-state index is 11.3. The molecular formula is C15H11ClO4. The van der Waals surface area contributed by atoms with Crippen LogP contribution in [-0.2, 0) is 4.79 Å². The zero-order chi connectivity index (χ0) is 14.7. The molecular weight excluding hydrogens is 280 g/mol. The lowest BCUT2D eigenvalue weighted by molar-refractivity contribution is -0.130. The number of aromatic hydroxyl groups is 2. The van der Waals surface area contributed by atoms with Gasteiger partial charge in [-0.1, -0.05) is 29.8 Å². The molecule has 4 nitrogen and oxygen atoms in total. The number of phenols is 2. The summed E-state index contributed by atoms with van der Waals surface area (Å²) in [6.45, 7) is 0. The summed E-state index contributed by atoms with van der Waals surface area (Å²) in [5.41, 5.74) is 0.929. The lowest BCUT2D eigenvalue weighted by atomic mass is 10.0. The summed E-state index contributed by atoms with van der Waals surface area (Å²) >= 11 is 5.78. The van der Waals surface area contributed by atoms with Gasteiger partial charge in [0, 0.05) is 0 Å². The Bertz CT molecular complexity index is 692. The van der Waals surface area contributed by atoms with Gasteiger partial charge in [-0.15, -0.1) is 0 Å². The minimum Gasteiger partial charge on any atom is -0.508 e. The van der Waals surface area contributed by atoms with E-state index in [2.05, 4.69) is 0 Å². The highest BCUT2D eigenvalue weighted by Gasteiger charge is 2.11. The third kappa shape index (κ3) is 3.10. The summed E-state index contributed by atoms with van der Waals surface area (Å²) < 4.78 is 0. The third-order valence-electron chi connectivity index (χ3n) is 2.67. The first-order valence-corrected chi connectivity index (χ1v) is 6.08. The van der Waals surface area contributed by atoms with E-state index in [4.69, 9.17) is 11.6 Å². The predicted octanol–water partition coefficient (Wildman–Crippen LogP) is 3.38. The smallest absolute Gasteiger partial charge is 0.336 e. The molecule has 2 aromatic rings. The van der Waals surface area contributed by atoms with Crippen LogP contribution in [0.2, 0.25) is 5.02 Å². The number of carboxylic acid groups (broad SMARTS) is 1. The normalized spacial score (nSPS) is 11.3. The van der Waals surface area contributed by atoms with Gasteiger partial charge in [-0.2, -0.15) is 0 Å². The summed E-state index contributed by atoms with van der Waals surface area (Å²) in [7, 11) is 0. The minimum absolute atomic E-state index is 0.0154. The zero-order valence-corrected chi connectivity index (χ0v) is 11.0. The Morgan fingerprint density at radius 2 is 1.85 bits per heavy atom. The molecule has 102 valence electrons. The van der Waals surface area contributed by atoms with Crippen molar-refractivity contribution in [3.8, 4) is 11.5 Å². The molecule has 0 bridgehead atoms.